The average Bonchev–Trinajstić information content (AvgIpc) is 3.40. The Kier molecular flexibility index (Phi) is 5.65. The minimum absolute atomic E-state index is 0.0698. The standard InChI is InChI=1S/C19H20N4O2S3/c1-4-10(2)7-13-11(3)28-18-15(13)17(24)21-19(22-18)27-9-14-20-16(23-25-14)12-5-6-26-8-12/h5-6,8,10H,4,7,9H2,1-3H3,(H,21,22,24). The Labute approximate surface area is 174 Å². The molecular formula is C19H20N4O2S3. The highest BCUT2D eigenvalue weighted by atomic mass is 32.2. The first kappa shape index (κ1) is 19.4. The van der Waals surface area contributed by atoms with Crippen LogP contribution in [0.25, 0.3) is 21.6 Å². The number of hydrogen-bond acceptors (Lipinski definition) is 8. The normalized spacial score (nSPS) is 12.7. The molecule has 0 aliphatic heterocycles. The van der Waals surface area contributed by atoms with E-state index in [1.54, 1.807) is 22.7 Å². The van der Waals surface area contributed by atoms with Gasteiger partial charge in [0.2, 0.25) is 11.7 Å². The monoisotopic (exact) mass is 432 g/mol. The third kappa shape index (κ3) is 3.92. The van der Waals surface area contributed by atoms with Gasteiger partial charge in [-0.3, -0.25) is 4.79 Å². The van der Waals surface area contributed by atoms with Gasteiger partial charge in [-0.25, -0.2) is 4.98 Å². The molecule has 1 N–H and O–H groups in total. The molecule has 0 saturated heterocycles. The van der Waals surface area contributed by atoms with Crippen molar-refractivity contribution in [2.75, 3.05) is 0 Å². The van der Waals surface area contributed by atoms with E-state index in [1.807, 2.05) is 16.8 Å². The number of aryl methyl sites for hydroxylation is 1. The number of hydrogen-bond donors (Lipinski definition) is 1. The second-order valence-electron chi connectivity index (χ2n) is 6.72. The average molecular weight is 433 g/mol. The molecule has 6 nitrogen and oxygen atoms in total. The highest BCUT2D eigenvalue weighted by Gasteiger charge is 2.17. The van der Waals surface area contributed by atoms with E-state index in [0.29, 0.717) is 28.5 Å². The molecule has 9 heteroatoms. The molecule has 1 unspecified atom stereocenters. The van der Waals surface area contributed by atoms with Crippen molar-refractivity contribution in [3.05, 3.63) is 43.5 Å². The second kappa shape index (κ2) is 8.18. The van der Waals surface area contributed by atoms with E-state index in [2.05, 4.69) is 40.9 Å². The summed E-state index contributed by atoms with van der Waals surface area (Å²) in [7, 11) is 0. The summed E-state index contributed by atoms with van der Waals surface area (Å²) in [6.45, 7) is 6.46. The quantitative estimate of drug-likeness (QED) is 0.316. The van der Waals surface area contributed by atoms with Crippen molar-refractivity contribution in [3.8, 4) is 11.4 Å². The van der Waals surface area contributed by atoms with Crippen LogP contribution in [0.5, 0.6) is 0 Å². The largest absolute Gasteiger partial charge is 0.338 e. The Morgan fingerprint density at radius 3 is 2.96 bits per heavy atom. The smallest absolute Gasteiger partial charge is 0.260 e. The van der Waals surface area contributed by atoms with Crippen LogP contribution in [0.2, 0.25) is 0 Å². The fourth-order valence-corrected chi connectivity index (χ4v) is 5.36. The molecule has 1 atom stereocenters. The fraction of sp³-hybridized carbons (Fsp3) is 0.368. The Hall–Kier alpha value is -1.97. The number of thiophene rings is 2. The predicted octanol–water partition coefficient (Wildman–Crippen LogP) is 5.29. The molecule has 4 aromatic rings. The molecule has 0 fully saturated rings. The zero-order valence-corrected chi connectivity index (χ0v) is 18.3. The lowest BCUT2D eigenvalue weighted by Crippen LogP contribution is -2.11. The first-order valence-electron chi connectivity index (χ1n) is 9.05. The summed E-state index contributed by atoms with van der Waals surface area (Å²) in [4.78, 5) is 26.7. The molecular weight excluding hydrogens is 412 g/mol. The van der Waals surface area contributed by atoms with Crippen LogP contribution >= 0.6 is 34.4 Å². The Morgan fingerprint density at radius 1 is 1.36 bits per heavy atom. The van der Waals surface area contributed by atoms with Crippen molar-refractivity contribution in [1.82, 2.24) is 20.1 Å². The lowest BCUT2D eigenvalue weighted by molar-refractivity contribution is 0.391. The van der Waals surface area contributed by atoms with Crippen LogP contribution in [0.4, 0.5) is 0 Å². The van der Waals surface area contributed by atoms with Gasteiger partial charge < -0.3 is 9.51 Å². The zero-order valence-electron chi connectivity index (χ0n) is 15.8. The number of rotatable bonds is 7. The molecule has 0 bridgehead atoms. The van der Waals surface area contributed by atoms with E-state index in [-0.39, 0.29) is 5.56 Å². The van der Waals surface area contributed by atoms with E-state index in [9.17, 15) is 4.79 Å². The van der Waals surface area contributed by atoms with Crippen LogP contribution in [-0.4, -0.2) is 20.1 Å². The summed E-state index contributed by atoms with van der Waals surface area (Å²) in [5.41, 5.74) is 2.01. The number of thioether (sulfide) groups is 1. The van der Waals surface area contributed by atoms with Crippen molar-refractivity contribution in [1.29, 1.82) is 0 Å². The van der Waals surface area contributed by atoms with Gasteiger partial charge in [-0.05, 0) is 36.3 Å². The van der Waals surface area contributed by atoms with Crippen molar-refractivity contribution in [3.63, 3.8) is 0 Å². The summed E-state index contributed by atoms with van der Waals surface area (Å²) < 4.78 is 5.31. The lowest BCUT2D eigenvalue weighted by Gasteiger charge is -2.08. The fourth-order valence-electron chi connectivity index (χ4n) is 2.91. The SMILES string of the molecule is CCC(C)Cc1c(C)sc2nc(SCc3nc(-c4ccsc4)no3)[nH]c(=O)c12. The molecule has 4 aromatic heterocycles. The molecule has 0 aliphatic rings. The van der Waals surface area contributed by atoms with E-state index < -0.39 is 0 Å². The third-order valence-electron chi connectivity index (χ3n) is 4.67. The molecule has 0 amide bonds. The van der Waals surface area contributed by atoms with E-state index in [0.717, 1.165) is 34.2 Å². The number of fused-ring (bicyclic) bond motifs is 1. The number of H-pyrrole nitrogens is 1. The number of aromatic amines is 1. The Bertz CT molecular complexity index is 1140. The van der Waals surface area contributed by atoms with Gasteiger partial charge in [-0.2, -0.15) is 16.3 Å². The number of nitrogens with one attached hydrogen (secondary N) is 1. The summed E-state index contributed by atoms with van der Waals surface area (Å²) in [5, 5.41) is 9.27. The molecule has 146 valence electrons. The Morgan fingerprint density at radius 2 is 2.21 bits per heavy atom. The molecule has 0 aromatic carbocycles. The molecule has 4 rings (SSSR count). The maximum Gasteiger partial charge on any atom is 0.260 e. The predicted molar refractivity (Wildman–Crippen MR) is 115 cm³/mol. The van der Waals surface area contributed by atoms with Crippen molar-refractivity contribution >= 4 is 44.7 Å². The van der Waals surface area contributed by atoms with E-state index >= 15 is 0 Å². The highest BCUT2D eigenvalue weighted by molar-refractivity contribution is 7.98. The van der Waals surface area contributed by atoms with Gasteiger partial charge in [-0.15, -0.1) is 11.3 Å². The summed E-state index contributed by atoms with van der Waals surface area (Å²) >= 11 is 4.57. The van der Waals surface area contributed by atoms with Gasteiger partial charge in [0.05, 0.1) is 11.1 Å². The maximum absolute atomic E-state index is 12.7. The molecule has 0 aliphatic carbocycles. The lowest BCUT2D eigenvalue weighted by atomic mass is 9.98. The van der Waals surface area contributed by atoms with Gasteiger partial charge in [0.25, 0.3) is 5.56 Å². The minimum atomic E-state index is -0.0698. The number of aromatic nitrogens is 4. The summed E-state index contributed by atoms with van der Waals surface area (Å²) in [5.74, 6) is 2.08. The van der Waals surface area contributed by atoms with Crippen LogP contribution < -0.4 is 5.56 Å². The van der Waals surface area contributed by atoms with E-state index in [1.165, 1.54) is 16.6 Å². The van der Waals surface area contributed by atoms with E-state index in [4.69, 9.17) is 4.52 Å². The molecule has 0 spiro atoms. The highest BCUT2D eigenvalue weighted by Crippen LogP contribution is 2.31. The van der Waals surface area contributed by atoms with Gasteiger partial charge in [0.15, 0.2) is 5.16 Å². The van der Waals surface area contributed by atoms with Crippen LogP contribution in [0.15, 0.2) is 31.3 Å². The molecule has 0 saturated carbocycles. The van der Waals surface area contributed by atoms with Crippen molar-refractivity contribution in [2.45, 2.75) is 44.5 Å². The van der Waals surface area contributed by atoms with Gasteiger partial charge >= 0.3 is 0 Å². The summed E-state index contributed by atoms with van der Waals surface area (Å²) in [6.07, 6.45) is 2.00. The molecule has 4 heterocycles. The Balaban J connectivity index is 1.54. The zero-order chi connectivity index (χ0) is 19.7. The van der Waals surface area contributed by atoms with Gasteiger partial charge in [-0.1, -0.05) is 37.2 Å². The van der Waals surface area contributed by atoms with Crippen LogP contribution in [0.1, 0.15) is 36.6 Å². The maximum atomic E-state index is 12.7. The third-order valence-corrected chi connectivity index (χ3v) is 7.25. The van der Waals surface area contributed by atoms with Crippen LogP contribution in [-0.2, 0) is 12.2 Å². The van der Waals surface area contributed by atoms with Gasteiger partial charge in [0.1, 0.15) is 4.83 Å². The molecule has 28 heavy (non-hydrogen) atoms. The minimum Gasteiger partial charge on any atom is -0.338 e. The molecule has 0 radical (unpaired) electrons. The first-order valence-corrected chi connectivity index (χ1v) is 11.8. The topological polar surface area (TPSA) is 84.7 Å². The summed E-state index contributed by atoms with van der Waals surface area (Å²) in [6, 6.07) is 1.95. The van der Waals surface area contributed by atoms with Crippen molar-refractivity contribution in [2.24, 2.45) is 5.92 Å². The van der Waals surface area contributed by atoms with Crippen molar-refractivity contribution < 1.29 is 4.52 Å². The van der Waals surface area contributed by atoms with Crippen LogP contribution in [0, 0.1) is 12.8 Å². The first-order chi connectivity index (χ1) is 13.5. The van der Waals surface area contributed by atoms with Crippen LogP contribution in [0.3, 0.4) is 0 Å². The number of nitrogens with zero attached hydrogens (tertiary/aromatic N) is 3. The second-order valence-corrected chi connectivity index (χ2v) is 9.67. The van der Waals surface area contributed by atoms with Gasteiger partial charge in [0, 0.05) is 15.8 Å².